The summed E-state index contributed by atoms with van der Waals surface area (Å²) in [7, 11) is -3.69. The van der Waals surface area contributed by atoms with Gasteiger partial charge in [0.25, 0.3) is 5.91 Å². The number of hydrogen-bond donors (Lipinski definition) is 0. The second-order valence-electron chi connectivity index (χ2n) is 7.47. The summed E-state index contributed by atoms with van der Waals surface area (Å²) < 4.78 is 28.1. The molecule has 2 aromatic carbocycles. The fraction of sp³-hybridized carbons (Fsp3) is 0.381. The normalized spacial score (nSPS) is 21.0. The first-order valence-corrected chi connectivity index (χ1v) is 10.6. The molecule has 5 nitrogen and oxygen atoms in total. The summed E-state index contributed by atoms with van der Waals surface area (Å²) >= 11 is 0. The van der Waals surface area contributed by atoms with E-state index in [2.05, 4.69) is 0 Å². The lowest BCUT2D eigenvalue weighted by atomic mass is 10.1. The molecule has 1 saturated heterocycles. The van der Waals surface area contributed by atoms with Crippen LogP contribution in [-0.2, 0) is 10.0 Å². The minimum atomic E-state index is -3.69. The Kier molecular flexibility index (Phi) is 5.40. The number of hydrogen-bond acceptors (Lipinski definition) is 3. The molecule has 1 fully saturated rings. The third kappa shape index (κ3) is 3.64. The monoisotopic (exact) mass is 386 g/mol. The van der Waals surface area contributed by atoms with Gasteiger partial charge in [-0.2, -0.15) is 4.31 Å². The van der Waals surface area contributed by atoms with Gasteiger partial charge < -0.3 is 4.90 Å². The molecule has 0 spiro atoms. The van der Waals surface area contributed by atoms with Crippen molar-refractivity contribution in [3.05, 3.63) is 65.7 Å². The fourth-order valence-electron chi connectivity index (χ4n) is 3.65. The van der Waals surface area contributed by atoms with Crippen LogP contribution < -0.4 is 0 Å². The molecule has 0 unspecified atom stereocenters. The molecule has 0 bridgehead atoms. The van der Waals surface area contributed by atoms with E-state index < -0.39 is 16.2 Å². The zero-order valence-electron chi connectivity index (χ0n) is 16.2. The summed E-state index contributed by atoms with van der Waals surface area (Å²) in [6, 6.07) is 15.7. The molecule has 0 radical (unpaired) electrons. The van der Waals surface area contributed by atoms with Crippen LogP contribution in [0.5, 0.6) is 0 Å². The molecule has 144 valence electrons. The van der Waals surface area contributed by atoms with Gasteiger partial charge >= 0.3 is 0 Å². The molecular weight excluding hydrogens is 360 g/mol. The van der Waals surface area contributed by atoms with Crippen LogP contribution in [0.25, 0.3) is 0 Å². The molecule has 3 rings (SSSR count). The van der Waals surface area contributed by atoms with Gasteiger partial charge in [-0.3, -0.25) is 4.79 Å². The summed E-state index contributed by atoms with van der Waals surface area (Å²) in [5, 5.41) is 0. The average molecular weight is 387 g/mol. The lowest BCUT2D eigenvalue weighted by Crippen LogP contribution is -2.48. The number of amides is 1. The predicted octanol–water partition coefficient (Wildman–Crippen LogP) is 3.51. The van der Waals surface area contributed by atoms with Crippen molar-refractivity contribution in [3.8, 4) is 0 Å². The number of carbonyl (C=O) groups is 1. The van der Waals surface area contributed by atoms with Crippen LogP contribution in [0, 0.1) is 12.8 Å². The van der Waals surface area contributed by atoms with Crippen molar-refractivity contribution >= 4 is 15.9 Å². The molecule has 1 heterocycles. The molecule has 1 aliphatic heterocycles. The van der Waals surface area contributed by atoms with Crippen LogP contribution in [0.2, 0.25) is 0 Å². The first kappa shape index (κ1) is 19.6. The molecule has 2 aromatic rings. The summed E-state index contributed by atoms with van der Waals surface area (Å²) in [5.74, 6) is -0.175. The third-order valence-electron chi connectivity index (χ3n) is 4.98. The standard InChI is InChI=1S/C21H26N2O3S/c1-15(2)20-22(27(25,26)19-12-10-16(3)11-13-19)14-17(4)23(20)21(24)18-8-6-5-7-9-18/h5-13,15,17,20H,14H2,1-4H3/t17-,20+/m1/s1. The van der Waals surface area contributed by atoms with E-state index in [1.54, 1.807) is 41.3 Å². The maximum absolute atomic E-state index is 13.3. The van der Waals surface area contributed by atoms with Gasteiger partial charge in [0.15, 0.2) is 0 Å². The first-order chi connectivity index (χ1) is 12.7. The Balaban J connectivity index is 2.00. The van der Waals surface area contributed by atoms with Crippen molar-refractivity contribution in [2.45, 2.75) is 44.8 Å². The lowest BCUT2D eigenvalue weighted by Gasteiger charge is -2.34. The molecule has 2 atom stereocenters. The van der Waals surface area contributed by atoms with E-state index in [0.29, 0.717) is 5.56 Å². The minimum Gasteiger partial charge on any atom is -0.318 e. The molecule has 0 aliphatic carbocycles. The third-order valence-corrected chi connectivity index (χ3v) is 6.83. The summed E-state index contributed by atoms with van der Waals surface area (Å²) in [6.07, 6.45) is -0.515. The summed E-state index contributed by atoms with van der Waals surface area (Å²) in [5.41, 5.74) is 1.58. The quantitative estimate of drug-likeness (QED) is 0.808. The number of carbonyl (C=O) groups excluding carboxylic acids is 1. The van der Waals surface area contributed by atoms with Gasteiger partial charge in [0.1, 0.15) is 6.17 Å². The largest absolute Gasteiger partial charge is 0.318 e. The van der Waals surface area contributed by atoms with E-state index in [1.165, 1.54) is 4.31 Å². The summed E-state index contributed by atoms with van der Waals surface area (Å²) in [6.45, 7) is 8.02. The highest BCUT2D eigenvalue weighted by Gasteiger charge is 2.47. The van der Waals surface area contributed by atoms with Gasteiger partial charge in [-0.15, -0.1) is 0 Å². The molecule has 27 heavy (non-hydrogen) atoms. The number of sulfonamides is 1. The van der Waals surface area contributed by atoms with Crippen molar-refractivity contribution in [3.63, 3.8) is 0 Å². The Morgan fingerprint density at radius 3 is 2.19 bits per heavy atom. The molecule has 1 aliphatic rings. The zero-order valence-corrected chi connectivity index (χ0v) is 17.0. The number of aryl methyl sites for hydroxylation is 1. The molecule has 0 N–H and O–H groups in total. The van der Waals surface area contributed by atoms with Crippen molar-refractivity contribution in [2.75, 3.05) is 6.54 Å². The minimum absolute atomic E-state index is 0.0390. The molecule has 0 saturated carbocycles. The van der Waals surface area contributed by atoms with Crippen molar-refractivity contribution in [2.24, 2.45) is 5.92 Å². The van der Waals surface area contributed by atoms with Crippen LogP contribution in [0.1, 0.15) is 36.7 Å². The first-order valence-electron chi connectivity index (χ1n) is 9.19. The number of rotatable bonds is 4. The van der Waals surface area contributed by atoms with E-state index in [1.807, 2.05) is 45.9 Å². The molecule has 1 amide bonds. The Hall–Kier alpha value is -2.18. The fourth-order valence-corrected chi connectivity index (χ4v) is 5.44. The lowest BCUT2D eigenvalue weighted by molar-refractivity contribution is 0.0574. The molecule has 0 aromatic heterocycles. The zero-order chi connectivity index (χ0) is 19.8. The number of nitrogens with zero attached hydrogens (tertiary/aromatic N) is 2. The predicted molar refractivity (Wildman–Crippen MR) is 106 cm³/mol. The molecule has 6 heteroatoms. The Morgan fingerprint density at radius 2 is 1.63 bits per heavy atom. The van der Waals surface area contributed by atoms with Crippen LogP contribution in [0.3, 0.4) is 0 Å². The van der Waals surface area contributed by atoms with E-state index >= 15 is 0 Å². The van der Waals surface area contributed by atoms with E-state index in [9.17, 15) is 13.2 Å². The van der Waals surface area contributed by atoms with Gasteiger partial charge in [-0.1, -0.05) is 49.7 Å². The topological polar surface area (TPSA) is 57.7 Å². The van der Waals surface area contributed by atoms with Gasteiger partial charge in [-0.05, 0) is 44.0 Å². The van der Waals surface area contributed by atoms with Crippen LogP contribution in [0.4, 0.5) is 0 Å². The van der Waals surface area contributed by atoms with Gasteiger partial charge in [0.05, 0.1) is 4.90 Å². The Labute approximate surface area is 161 Å². The van der Waals surface area contributed by atoms with Crippen LogP contribution in [0.15, 0.2) is 59.5 Å². The Bertz CT molecular complexity index is 908. The van der Waals surface area contributed by atoms with Gasteiger partial charge in [0.2, 0.25) is 10.0 Å². The smallest absolute Gasteiger partial charge is 0.255 e. The van der Waals surface area contributed by atoms with Crippen molar-refractivity contribution in [1.29, 1.82) is 0 Å². The highest BCUT2D eigenvalue weighted by Crippen LogP contribution is 2.33. The van der Waals surface area contributed by atoms with E-state index in [4.69, 9.17) is 0 Å². The summed E-state index contributed by atoms with van der Waals surface area (Å²) in [4.78, 5) is 15.1. The van der Waals surface area contributed by atoms with Crippen LogP contribution >= 0.6 is 0 Å². The van der Waals surface area contributed by atoms with E-state index in [-0.39, 0.29) is 29.3 Å². The average Bonchev–Trinajstić information content (AvgIpc) is 3.00. The second kappa shape index (κ2) is 7.44. The Morgan fingerprint density at radius 1 is 1.04 bits per heavy atom. The second-order valence-corrected chi connectivity index (χ2v) is 9.36. The van der Waals surface area contributed by atoms with E-state index in [0.717, 1.165) is 5.56 Å². The SMILES string of the molecule is Cc1ccc(S(=O)(=O)N2C[C@@H](C)N(C(=O)c3ccccc3)[C@H]2C(C)C)cc1. The maximum Gasteiger partial charge on any atom is 0.255 e. The highest BCUT2D eigenvalue weighted by molar-refractivity contribution is 7.89. The molecular formula is C21H26N2O3S. The highest BCUT2D eigenvalue weighted by atomic mass is 32.2. The number of benzene rings is 2. The van der Waals surface area contributed by atoms with Crippen molar-refractivity contribution in [1.82, 2.24) is 9.21 Å². The van der Waals surface area contributed by atoms with Gasteiger partial charge in [0, 0.05) is 18.2 Å². The van der Waals surface area contributed by atoms with Crippen molar-refractivity contribution < 1.29 is 13.2 Å². The van der Waals surface area contributed by atoms with Gasteiger partial charge in [-0.25, -0.2) is 8.42 Å². The van der Waals surface area contributed by atoms with Crippen LogP contribution in [-0.4, -0.2) is 42.3 Å². The maximum atomic E-state index is 13.3.